The molecule has 67 heavy (non-hydrogen) atoms. The van der Waals surface area contributed by atoms with Gasteiger partial charge in [0, 0.05) is 72.3 Å². The quantitative estimate of drug-likeness (QED) is 0.0807. The van der Waals surface area contributed by atoms with Gasteiger partial charge in [0.2, 0.25) is 0 Å². The molecule has 5 N–H and O–H groups in total. The lowest BCUT2D eigenvalue weighted by Gasteiger charge is -2.09. The lowest BCUT2D eigenvalue weighted by Crippen LogP contribution is -2.24. The van der Waals surface area contributed by atoms with Gasteiger partial charge in [0.25, 0.3) is 17.7 Å². The largest absolute Gasteiger partial charge is 0.382 e. The molecule has 0 bridgehead atoms. The first-order valence-corrected chi connectivity index (χ1v) is 23.9. The summed E-state index contributed by atoms with van der Waals surface area (Å²) in [5.41, 5.74) is 11.3. The number of aromatic nitrogens is 1. The van der Waals surface area contributed by atoms with Gasteiger partial charge in [-0.2, -0.15) is 0 Å². The van der Waals surface area contributed by atoms with E-state index in [4.69, 9.17) is 6.42 Å². The topological polar surface area (TPSA) is 116 Å². The van der Waals surface area contributed by atoms with E-state index in [1.807, 2.05) is 91.0 Å². The Morgan fingerprint density at radius 1 is 0.507 bits per heavy atom. The summed E-state index contributed by atoms with van der Waals surface area (Å²) in [6.07, 6.45) is 10.7. The van der Waals surface area contributed by atoms with Crippen LogP contribution in [0.3, 0.4) is 0 Å². The summed E-state index contributed by atoms with van der Waals surface area (Å²) in [6.45, 7) is 4.37. The lowest BCUT2D eigenvalue weighted by molar-refractivity contribution is 0.0949. The second-order valence-electron chi connectivity index (χ2n) is 16.0. The predicted molar refractivity (Wildman–Crippen MR) is 281 cm³/mol. The molecule has 0 radical (unpaired) electrons. The van der Waals surface area contributed by atoms with Crippen LogP contribution in [0.4, 0.5) is 11.4 Å². The number of carbonyl (C=O) groups is 3. The number of hydrogen-bond donors (Lipinski definition) is 5. The van der Waals surface area contributed by atoms with Crippen molar-refractivity contribution in [2.75, 3.05) is 43.4 Å². The van der Waals surface area contributed by atoms with E-state index < -0.39 is 0 Å². The normalized spacial score (nSPS) is 13.1. The minimum atomic E-state index is -0.0343. The first-order chi connectivity index (χ1) is 32.9. The van der Waals surface area contributed by atoms with Gasteiger partial charge in [0.05, 0.1) is 33.6 Å². The van der Waals surface area contributed by atoms with Gasteiger partial charge < -0.3 is 31.2 Å². The summed E-state index contributed by atoms with van der Waals surface area (Å²) in [5, 5.41) is 16.4. The number of benzene rings is 6. The minimum absolute atomic E-state index is 0.0125. The van der Waals surface area contributed by atoms with E-state index in [0.717, 1.165) is 101 Å². The SMILES string of the molecule is C#CCCc1ccccc1.O=C1NCCNc2c(C#CCCc3ccccc3)cccc21.O=C1NCCNc2c(I)cccc21.O=C1NCCn2c(CCc3ccccc3)cc3cccc1c32. The molecule has 0 fully saturated rings. The number of fused-ring (bicyclic) bond motifs is 2. The number of nitrogens with zero attached hydrogens (tertiary/aromatic N) is 1. The van der Waals surface area contributed by atoms with Crippen LogP contribution in [0.1, 0.15) is 71.9 Å². The highest BCUT2D eigenvalue weighted by Crippen LogP contribution is 2.27. The second kappa shape index (κ2) is 24.9. The molecule has 0 aliphatic carbocycles. The monoisotopic (exact) mass is 998 g/mol. The maximum atomic E-state index is 12.2. The number of carbonyl (C=O) groups excluding carboxylic acids is 3. The smallest absolute Gasteiger partial charge is 0.253 e. The molecule has 9 nitrogen and oxygen atoms in total. The Morgan fingerprint density at radius 3 is 1.66 bits per heavy atom. The summed E-state index contributed by atoms with van der Waals surface area (Å²) in [6, 6.07) is 50.8. The third-order valence-electron chi connectivity index (χ3n) is 11.4. The first kappa shape index (κ1) is 47.7. The molecule has 3 amide bonds. The van der Waals surface area contributed by atoms with Gasteiger partial charge in [-0.25, -0.2) is 0 Å². The van der Waals surface area contributed by atoms with Gasteiger partial charge >= 0.3 is 0 Å². The van der Waals surface area contributed by atoms with Crippen LogP contribution in [-0.2, 0) is 32.2 Å². The standard InChI is InChI=1S/2C19H18N2O.C10H10.C9H9IN2O/c22-19-17-8-4-7-15-13-16(21(18(15)17)12-11-20-19)10-9-14-5-2-1-3-6-14;22-19-17-12-6-11-16(18(17)20-13-14-21-19)10-5-4-9-15-7-2-1-3-8-15;1-2-3-7-10-8-5-4-6-9-10;10-7-3-1-2-6-8(7)11-4-5-12-9(6)13/h1-8,13H,9-12H2,(H,20,22);1-3,6-8,11-12,20H,4,9,13-14H2,(H,21,22);1,4-6,8-9H,3,7H2;1-3,11H,4-5H2,(H,12,13). The van der Waals surface area contributed by atoms with E-state index in [0.29, 0.717) is 25.2 Å². The number of amides is 3. The van der Waals surface area contributed by atoms with Crippen LogP contribution in [0.5, 0.6) is 0 Å². The maximum Gasteiger partial charge on any atom is 0.253 e. The van der Waals surface area contributed by atoms with E-state index in [9.17, 15) is 14.4 Å². The number of rotatable bonds is 7. The Bertz CT molecular complexity index is 2880. The highest BCUT2D eigenvalue weighted by atomic mass is 127. The van der Waals surface area contributed by atoms with Crippen molar-refractivity contribution in [3.05, 3.63) is 200 Å². The van der Waals surface area contributed by atoms with E-state index in [1.54, 1.807) is 0 Å². The first-order valence-electron chi connectivity index (χ1n) is 22.8. The molecule has 4 heterocycles. The minimum Gasteiger partial charge on any atom is -0.382 e. The van der Waals surface area contributed by atoms with E-state index in [1.165, 1.54) is 22.4 Å². The summed E-state index contributed by atoms with van der Waals surface area (Å²) in [5.74, 6) is 9.05. The molecule has 6 aromatic carbocycles. The van der Waals surface area contributed by atoms with Gasteiger partial charge in [-0.05, 0) is 101 Å². The van der Waals surface area contributed by atoms with E-state index in [2.05, 4.69) is 132 Å². The fraction of sp³-hybridized carbons (Fsp3) is 0.211. The molecule has 338 valence electrons. The van der Waals surface area contributed by atoms with Crippen LogP contribution in [0.15, 0.2) is 152 Å². The summed E-state index contributed by atoms with van der Waals surface area (Å²) < 4.78 is 3.40. The Hall–Kier alpha value is -7.28. The number of halogens is 1. The predicted octanol–water partition coefficient (Wildman–Crippen LogP) is 9.69. The summed E-state index contributed by atoms with van der Waals surface area (Å²) >= 11 is 2.23. The maximum absolute atomic E-state index is 12.2. The molecular weight excluding hydrogens is 944 g/mol. The third kappa shape index (κ3) is 13.4. The molecule has 3 aliphatic heterocycles. The molecule has 3 aliphatic rings. The van der Waals surface area contributed by atoms with Crippen molar-refractivity contribution in [1.82, 2.24) is 20.5 Å². The van der Waals surface area contributed by atoms with Crippen molar-refractivity contribution in [3.8, 4) is 24.2 Å². The van der Waals surface area contributed by atoms with Gasteiger partial charge in [0.15, 0.2) is 0 Å². The van der Waals surface area contributed by atoms with Crippen LogP contribution in [0, 0.1) is 27.8 Å². The zero-order chi connectivity index (χ0) is 46.6. The van der Waals surface area contributed by atoms with Gasteiger partial charge in [0.1, 0.15) is 0 Å². The number of aryl methyl sites for hydroxylation is 4. The van der Waals surface area contributed by atoms with Crippen LogP contribution in [0.25, 0.3) is 10.9 Å². The van der Waals surface area contributed by atoms with Crippen molar-refractivity contribution in [3.63, 3.8) is 0 Å². The van der Waals surface area contributed by atoms with Crippen molar-refractivity contribution in [2.45, 2.75) is 45.1 Å². The highest BCUT2D eigenvalue weighted by molar-refractivity contribution is 14.1. The Morgan fingerprint density at radius 2 is 1.01 bits per heavy atom. The van der Waals surface area contributed by atoms with Gasteiger partial charge in [-0.15, -0.1) is 12.3 Å². The zero-order valence-corrected chi connectivity index (χ0v) is 39.7. The summed E-state index contributed by atoms with van der Waals surface area (Å²) in [4.78, 5) is 35.6. The van der Waals surface area contributed by atoms with Crippen molar-refractivity contribution in [1.29, 1.82) is 0 Å². The molecule has 0 spiro atoms. The second-order valence-corrected chi connectivity index (χ2v) is 17.2. The molecule has 0 saturated heterocycles. The molecule has 7 aromatic rings. The lowest BCUT2D eigenvalue weighted by atomic mass is 10.1. The van der Waals surface area contributed by atoms with Crippen LogP contribution in [0.2, 0.25) is 0 Å². The molecule has 10 rings (SSSR count). The molecular formula is C57H55IN6O3. The molecule has 0 unspecified atom stereocenters. The van der Waals surface area contributed by atoms with Gasteiger partial charge in [-0.1, -0.05) is 127 Å². The number of hydrogen-bond acceptors (Lipinski definition) is 5. The fourth-order valence-corrected chi connectivity index (χ4v) is 8.73. The Kier molecular flexibility index (Phi) is 17.7. The van der Waals surface area contributed by atoms with Crippen LogP contribution >= 0.6 is 22.6 Å². The van der Waals surface area contributed by atoms with E-state index in [-0.39, 0.29) is 17.7 Å². The molecule has 0 saturated carbocycles. The third-order valence-corrected chi connectivity index (χ3v) is 12.3. The molecule has 0 atom stereocenters. The number of anilines is 2. The van der Waals surface area contributed by atoms with Crippen LogP contribution < -0.4 is 26.6 Å². The fourth-order valence-electron chi connectivity index (χ4n) is 8.04. The zero-order valence-electron chi connectivity index (χ0n) is 37.5. The van der Waals surface area contributed by atoms with Crippen molar-refractivity contribution in [2.24, 2.45) is 0 Å². The molecule has 10 heteroatoms. The molecule has 1 aromatic heterocycles. The van der Waals surface area contributed by atoms with Crippen molar-refractivity contribution < 1.29 is 14.4 Å². The Labute approximate surface area is 407 Å². The average molecular weight is 999 g/mol. The Balaban J connectivity index is 0.000000139. The van der Waals surface area contributed by atoms with Crippen LogP contribution in [-0.4, -0.2) is 55.0 Å². The average Bonchev–Trinajstić information content (AvgIpc) is 3.49. The highest BCUT2D eigenvalue weighted by Gasteiger charge is 2.20. The van der Waals surface area contributed by atoms with Gasteiger partial charge in [-0.3, -0.25) is 14.4 Å². The number of nitrogens with one attached hydrogen (secondary N) is 5. The number of para-hydroxylation sites is 3. The number of terminal acetylenes is 1. The van der Waals surface area contributed by atoms with E-state index >= 15 is 0 Å². The summed E-state index contributed by atoms with van der Waals surface area (Å²) in [7, 11) is 0. The van der Waals surface area contributed by atoms with Crippen molar-refractivity contribution >= 4 is 62.6 Å².